The second-order valence-electron chi connectivity index (χ2n) is 8.98. The van der Waals surface area contributed by atoms with Gasteiger partial charge in [0, 0.05) is 0 Å². The molecule has 0 aromatic heterocycles. The predicted octanol–water partition coefficient (Wildman–Crippen LogP) is 1.63. The van der Waals surface area contributed by atoms with E-state index in [9.17, 15) is 29.6 Å². The number of carbonyl (C=O) groups excluding carboxylic acids is 1. The molecule has 1 heterocycles. The summed E-state index contributed by atoms with van der Waals surface area (Å²) in [7, 11) is -4.18. The van der Waals surface area contributed by atoms with E-state index in [1.807, 2.05) is 26.0 Å². The van der Waals surface area contributed by atoms with Gasteiger partial charge in [0.15, 0.2) is 0 Å². The minimum Gasteiger partial charge on any atom is -0.462 e. The monoisotopic (exact) mass is 476 g/mol. The number of hydrogen-bond donors (Lipinski definition) is 4. The van der Waals surface area contributed by atoms with Crippen molar-refractivity contribution >= 4 is 13.6 Å². The molecule has 1 fully saturated rings. The largest absolute Gasteiger partial charge is 0.462 e. The highest BCUT2D eigenvalue weighted by atomic mass is 31.2. The van der Waals surface area contributed by atoms with Crippen LogP contribution in [-0.2, 0) is 23.4 Å². The fourth-order valence-electron chi connectivity index (χ4n) is 3.04. The number of esters is 1. The smallest absolute Gasteiger partial charge is 0.331 e. The molecule has 1 aromatic rings. The van der Waals surface area contributed by atoms with Crippen LogP contribution in [0.5, 0.6) is 5.75 Å². The summed E-state index contributed by atoms with van der Waals surface area (Å²) >= 11 is 0. The maximum absolute atomic E-state index is 12.3. The van der Waals surface area contributed by atoms with Crippen LogP contribution in [0.2, 0.25) is 0 Å². The number of aliphatic hydroxyl groups is 3. The molecule has 32 heavy (non-hydrogen) atoms. The average molecular weight is 476 g/mol. The Balaban J connectivity index is 1.96. The van der Waals surface area contributed by atoms with E-state index < -0.39 is 62.6 Å². The first-order valence-corrected chi connectivity index (χ1v) is 12.0. The lowest BCUT2D eigenvalue weighted by Gasteiger charge is -2.40. The van der Waals surface area contributed by atoms with Crippen molar-refractivity contribution < 1.29 is 48.3 Å². The summed E-state index contributed by atoms with van der Waals surface area (Å²) < 4.78 is 33.2. The quantitative estimate of drug-likeness (QED) is 0.247. The van der Waals surface area contributed by atoms with Crippen molar-refractivity contribution in [1.82, 2.24) is 0 Å². The molecule has 0 spiro atoms. The first-order valence-electron chi connectivity index (χ1n) is 10.3. The third-order valence-electron chi connectivity index (χ3n) is 5.00. The van der Waals surface area contributed by atoms with Crippen molar-refractivity contribution in [2.24, 2.45) is 5.41 Å². The molecule has 0 aliphatic carbocycles. The Hall–Kier alpha value is -1.52. The van der Waals surface area contributed by atoms with Gasteiger partial charge in [0.05, 0.1) is 17.7 Å². The number of rotatable bonds is 8. The average Bonchev–Trinajstić information content (AvgIpc) is 2.68. The summed E-state index contributed by atoms with van der Waals surface area (Å²) in [5, 5.41) is 30.7. The molecule has 0 radical (unpaired) electrons. The van der Waals surface area contributed by atoms with Crippen LogP contribution in [0, 0.1) is 19.3 Å². The van der Waals surface area contributed by atoms with Gasteiger partial charge in [0.2, 0.25) is 13.1 Å². The summed E-state index contributed by atoms with van der Waals surface area (Å²) in [4.78, 5) is 21.7. The SMILES string of the molecule is Cc1ccc(O[C@H]2O[C@H](CCP(=O)(O)OCOC(=O)C(C)(C)C)[C@@H](O)[C@H](O)[C@@H]2O)c(C)c1. The van der Waals surface area contributed by atoms with E-state index in [0.717, 1.165) is 11.1 Å². The molecule has 1 aliphatic rings. The molecule has 182 valence electrons. The minimum atomic E-state index is -4.18. The Labute approximate surface area is 187 Å². The molecule has 1 aliphatic heterocycles. The Morgan fingerprint density at radius 1 is 1.12 bits per heavy atom. The summed E-state index contributed by atoms with van der Waals surface area (Å²) in [6, 6.07) is 5.38. The van der Waals surface area contributed by atoms with Crippen molar-refractivity contribution in [3.05, 3.63) is 29.3 Å². The zero-order chi connectivity index (χ0) is 24.3. The van der Waals surface area contributed by atoms with Crippen LogP contribution in [-0.4, -0.2) is 69.8 Å². The van der Waals surface area contributed by atoms with Crippen LogP contribution < -0.4 is 4.74 Å². The molecule has 2 rings (SSSR count). The van der Waals surface area contributed by atoms with Crippen LogP contribution in [0.1, 0.15) is 38.3 Å². The fraction of sp³-hybridized carbons (Fsp3) is 0.667. The van der Waals surface area contributed by atoms with Gasteiger partial charge < -0.3 is 34.4 Å². The minimum absolute atomic E-state index is 0.182. The van der Waals surface area contributed by atoms with Gasteiger partial charge in [0.1, 0.15) is 24.1 Å². The molecule has 4 N–H and O–H groups in total. The summed E-state index contributed by atoms with van der Waals surface area (Å²) in [5.41, 5.74) is 1.01. The maximum Gasteiger partial charge on any atom is 0.331 e. The lowest BCUT2D eigenvalue weighted by molar-refractivity contribution is -0.272. The van der Waals surface area contributed by atoms with E-state index in [1.54, 1.807) is 26.8 Å². The third-order valence-corrected chi connectivity index (χ3v) is 6.33. The molecule has 1 unspecified atom stereocenters. The Morgan fingerprint density at radius 2 is 1.78 bits per heavy atom. The highest BCUT2D eigenvalue weighted by Gasteiger charge is 2.45. The first kappa shape index (κ1) is 26.7. The topological polar surface area (TPSA) is 152 Å². The Bertz CT molecular complexity index is 836. The van der Waals surface area contributed by atoms with Gasteiger partial charge >= 0.3 is 13.6 Å². The number of aryl methyl sites for hydroxylation is 2. The Morgan fingerprint density at radius 3 is 2.38 bits per heavy atom. The molecular weight excluding hydrogens is 443 g/mol. The molecule has 0 bridgehead atoms. The van der Waals surface area contributed by atoms with Gasteiger partial charge in [-0.05, 0) is 52.7 Å². The van der Waals surface area contributed by atoms with Crippen LogP contribution in [0.15, 0.2) is 18.2 Å². The first-order chi connectivity index (χ1) is 14.7. The second-order valence-corrected chi connectivity index (χ2v) is 11.0. The molecular formula is C21H33O10P. The number of carbonyl (C=O) groups is 1. The summed E-state index contributed by atoms with van der Waals surface area (Å²) in [6.45, 7) is 7.92. The van der Waals surface area contributed by atoms with Crippen molar-refractivity contribution in [3.8, 4) is 5.75 Å². The van der Waals surface area contributed by atoms with Crippen LogP contribution in [0.4, 0.5) is 0 Å². The van der Waals surface area contributed by atoms with Gasteiger partial charge in [0.25, 0.3) is 0 Å². The number of benzene rings is 1. The van der Waals surface area contributed by atoms with Gasteiger partial charge in [-0.1, -0.05) is 17.7 Å². The maximum atomic E-state index is 12.3. The van der Waals surface area contributed by atoms with E-state index in [2.05, 4.69) is 0 Å². The molecule has 10 nitrogen and oxygen atoms in total. The standard InChI is InChI=1S/C21H33O10P/c1-12-6-7-14(13(2)10-12)30-19-18(24)17(23)16(22)15(31-19)8-9-32(26,27)29-11-28-20(25)21(3,4)5/h6-7,10,15-19,22-24H,8-9,11H2,1-5H3,(H,26,27)/t15-,16-,17+,18+,19+/m1/s1. The van der Waals surface area contributed by atoms with Crippen molar-refractivity contribution in [2.75, 3.05) is 13.0 Å². The lowest BCUT2D eigenvalue weighted by atomic mass is 9.97. The van der Waals surface area contributed by atoms with Crippen molar-refractivity contribution in [3.63, 3.8) is 0 Å². The number of ether oxygens (including phenoxy) is 3. The van der Waals surface area contributed by atoms with E-state index in [-0.39, 0.29) is 6.42 Å². The van der Waals surface area contributed by atoms with Gasteiger partial charge in [-0.3, -0.25) is 13.9 Å². The number of aliphatic hydroxyl groups excluding tert-OH is 3. The van der Waals surface area contributed by atoms with Gasteiger partial charge in [-0.25, -0.2) is 0 Å². The molecule has 0 saturated carbocycles. The zero-order valence-electron chi connectivity index (χ0n) is 18.9. The van der Waals surface area contributed by atoms with E-state index in [0.29, 0.717) is 5.75 Å². The van der Waals surface area contributed by atoms with Crippen molar-refractivity contribution in [2.45, 2.75) is 71.7 Å². The van der Waals surface area contributed by atoms with Gasteiger partial charge in [-0.15, -0.1) is 0 Å². The predicted molar refractivity (Wildman–Crippen MR) is 114 cm³/mol. The Kier molecular flexibility index (Phi) is 8.86. The van der Waals surface area contributed by atoms with Crippen LogP contribution >= 0.6 is 7.60 Å². The van der Waals surface area contributed by atoms with Crippen LogP contribution in [0.25, 0.3) is 0 Å². The zero-order valence-corrected chi connectivity index (χ0v) is 19.8. The second kappa shape index (κ2) is 10.6. The lowest BCUT2D eigenvalue weighted by Crippen LogP contribution is -2.59. The fourth-order valence-corrected chi connectivity index (χ4v) is 3.97. The van der Waals surface area contributed by atoms with E-state index in [1.165, 1.54) is 0 Å². The molecule has 11 heteroatoms. The highest BCUT2D eigenvalue weighted by molar-refractivity contribution is 7.52. The van der Waals surface area contributed by atoms with E-state index >= 15 is 0 Å². The number of hydrogen-bond acceptors (Lipinski definition) is 9. The normalized spacial score (nSPS) is 28.1. The van der Waals surface area contributed by atoms with Gasteiger partial charge in [-0.2, -0.15) is 0 Å². The summed E-state index contributed by atoms with van der Waals surface area (Å²) in [6.07, 6.45) is -7.66. The summed E-state index contributed by atoms with van der Waals surface area (Å²) in [5.74, 6) is -0.161. The molecule has 1 aromatic carbocycles. The van der Waals surface area contributed by atoms with Crippen LogP contribution in [0.3, 0.4) is 0 Å². The highest BCUT2D eigenvalue weighted by Crippen LogP contribution is 2.43. The van der Waals surface area contributed by atoms with Crippen molar-refractivity contribution in [1.29, 1.82) is 0 Å². The molecule has 1 saturated heterocycles. The van der Waals surface area contributed by atoms with E-state index in [4.69, 9.17) is 18.7 Å². The third kappa shape index (κ3) is 7.25. The molecule has 6 atom stereocenters. The molecule has 0 amide bonds.